The van der Waals surface area contributed by atoms with E-state index in [1.165, 1.54) is 6.33 Å². The minimum absolute atomic E-state index is 0.0508. The molecule has 2 atom stereocenters. The van der Waals surface area contributed by atoms with Crippen LogP contribution in [0.2, 0.25) is 0 Å². The van der Waals surface area contributed by atoms with Gasteiger partial charge in [-0.25, -0.2) is 4.68 Å². The molecular formula is C26H24N4O2. The quantitative estimate of drug-likeness (QED) is 0.464. The number of nitrogens with zero attached hydrogens (tertiary/aromatic N) is 4. The Bertz CT molecular complexity index is 1230. The molecule has 0 radical (unpaired) electrons. The summed E-state index contributed by atoms with van der Waals surface area (Å²) >= 11 is 0. The first-order valence-electron chi connectivity index (χ1n) is 10.6. The lowest BCUT2D eigenvalue weighted by molar-refractivity contribution is 0.0963. The van der Waals surface area contributed by atoms with Gasteiger partial charge in [0.25, 0.3) is 5.91 Å². The standard InChI is InChI=1S/C26H24N4O2/c1-18-7-6-10-21(15-18)25(31)29-23(19-8-4-3-5-9-19)16-24(30-26(29)27-17-28-30)20-11-13-22(32-2)14-12-20/h3-15,17,23-24H,16H2,1-2H3/t23-,24-/m1/s1. The van der Waals surface area contributed by atoms with Crippen LogP contribution >= 0.6 is 0 Å². The van der Waals surface area contributed by atoms with Gasteiger partial charge in [-0.05, 0) is 48.7 Å². The number of carbonyl (C=O) groups excluding carboxylic acids is 1. The van der Waals surface area contributed by atoms with Crippen LogP contribution < -0.4 is 9.64 Å². The third-order valence-corrected chi connectivity index (χ3v) is 5.99. The Morgan fingerprint density at radius 2 is 1.69 bits per heavy atom. The maximum absolute atomic E-state index is 13.8. The number of anilines is 1. The molecule has 32 heavy (non-hydrogen) atoms. The Morgan fingerprint density at radius 3 is 2.41 bits per heavy atom. The Labute approximate surface area is 187 Å². The predicted molar refractivity (Wildman–Crippen MR) is 123 cm³/mol. The summed E-state index contributed by atoms with van der Waals surface area (Å²) in [6.45, 7) is 1.99. The number of aromatic nitrogens is 3. The van der Waals surface area contributed by atoms with E-state index in [4.69, 9.17) is 4.74 Å². The lowest BCUT2D eigenvalue weighted by atomic mass is 9.91. The summed E-state index contributed by atoms with van der Waals surface area (Å²) < 4.78 is 7.18. The highest BCUT2D eigenvalue weighted by atomic mass is 16.5. The number of methoxy groups -OCH3 is 1. The van der Waals surface area contributed by atoms with Crippen molar-refractivity contribution in [3.8, 4) is 5.75 Å². The van der Waals surface area contributed by atoms with Gasteiger partial charge in [0.05, 0.1) is 19.2 Å². The fourth-order valence-corrected chi connectivity index (χ4v) is 4.41. The number of hydrogen-bond donors (Lipinski definition) is 0. The van der Waals surface area contributed by atoms with Gasteiger partial charge in [0, 0.05) is 5.56 Å². The Kier molecular flexibility index (Phi) is 5.19. The first kappa shape index (κ1) is 20.0. The van der Waals surface area contributed by atoms with Crippen LogP contribution in [-0.2, 0) is 0 Å². The van der Waals surface area contributed by atoms with Gasteiger partial charge in [-0.15, -0.1) is 0 Å². The van der Waals surface area contributed by atoms with Gasteiger partial charge in [-0.2, -0.15) is 10.1 Å². The van der Waals surface area contributed by atoms with Gasteiger partial charge in [-0.3, -0.25) is 9.69 Å². The molecule has 0 unspecified atom stereocenters. The number of carbonyl (C=O) groups is 1. The SMILES string of the molecule is COc1ccc([C@H]2C[C@H](c3ccccc3)N(C(=O)c3cccc(C)c3)c3ncnn32)cc1. The monoisotopic (exact) mass is 424 g/mol. The maximum Gasteiger partial charge on any atom is 0.261 e. The van der Waals surface area contributed by atoms with Gasteiger partial charge in [0.2, 0.25) is 5.95 Å². The van der Waals surface area contributed by atoms with Gasteiger partial charge in [0.15, 0.2) is 0 Å². The fourth-order valence-electron chi connectivity index (χ4n) is 4.41. The molecule has 0 bridgehead atoms. The van der Waals surface area contributed by atoms with Crippen LogP contribution in [0.4, 0.5) is 5.95 Å². The minimum atomic E-state index is -0.173. The molecule has 6 nitrogen and oxygen atoms in total. The van der Waals surface area contributed by atoms with Crippen molar-refractivity contribution in [2.75, 3.05) is 12.0 Å². The normalized spacial score (nSPS) is 17.6. The lowest BCUT2D eigenvalue weighted by Crippen LogP contribution is -2.42. The number of benzene rings is 3. The topological polar surface area (TPSA) is 60.2 Å². The maximum atomic E-state index is 13.8. The van der Waals surface area contributed by atoms with E-state index in [-0.39, 0.29) is 18.0 Å². The molecule has 0 aliphatic carbocycles. The molecule has 1 aromatic heterocycles. The third kappa shape index (κ3) is 3.54. The molecule has 1 aliphatic rings. The highest BCUT2D eigenvalue weighted by Crippen LogP contribution is 2.42. The predicted octanol–water partition coefficient (Wildman–Crippen LogP) is 4.98. The number of aryl methyl sites for hydroxylation is 1. The van der Waals surface area contributed by atoms with Crippen LogP contribution in [0.15, 0.2) is 85.2 Å². The molecule has 1 aliphatic heterocycles. The third-order valence-electron chi connectivity index (χ3n) is 5.99. The average Bonchev–Trinajstić information content (AvgIpc) is 3.33. The first-order valence-corrected chi connectivity index (χ1v) is 10.6. The van der Waals surface area contributed by atoms with Crippen LogP contribution in [0.25, 0.3) is 0 Å². The van der Waals surface area contributed by atoms with Crippen molar-refractivity contribution in [1.82, 2.24) is 14.8 Å². The Hall–Kier alpha value is -3.93. The van der Waals surface area contributed by atoms with Crippen molar-refractivity contribution in [3.63, 3.8) is 0 Å². The molecule has 0 saturated carbocycles. The molecule has 0 N–H and O–H groups in total. The Balaban J connectivity index is 1.63. The molecular weight excluding hydrogens is 400 g/mol. The van der Waals surface area contributed by atoms with Crippen LogP contribution in [0.3, 0.4) is 0 Å². The van der Waals surface area contributed by atoms with Crippen molar-refractivity contribution in [2.45, 2.75) is 25.4 Å². The molecule has 5 rings (SSSR count). The zero-order chi connectivity index (χ0) is 22.1. The van der Waals surface area contributed by atoms with Gasteiger partial charge < -0.3 is 4.74 Å². The van der Waals surface area contributed by atoms with E-state index in [1.807, 2.05) is 66.2 Å². The minimum Gasteiger partial charge on any atom is -0.497 e. The fraction of sp³-hybridized carbons (Fsp3) is 0.192. The molecule has 6 heteroatoms. The number of hydrogen-bond acceptors (Lipinski definition) is 4. The summed E-state index contributed by atoms with van der Waals surface area (Å²) in [4.78, 5) is 20.1. The molecule has 2 heterocycles. The summed E-state index contributed by atoms with van der Waals surface area (Å²) in [5.41, 5.74) is 3.85. The van der Waals surface area contributed by atoms with E-state index in [1.54, 1.807) is 12.0 Å². The van der Waals surface area contributed by atoms with Crippen molar-refractivity contribution in [1.29, 1.82) is 0 Å². The van der Waals surface area contributed by atoms with E-state index >= 15 is 0 Å². The second kappa shape index (κ2) is 8.30. The van der Waals surface area contributed by atoms with Crippen LogP contribution in [0.5, 0.6) is 5.75 Å². The molecule has 4 aromatic rings. The Morgan fingerprint density at radius 1 is 0.938 bits per heavy atom. The van der Waals surface area contributed by atoms with Crippen LogP contribution in [-0.4, -0.2) is 27.8 Å². The van der Waals surface area contributed by atoms with Crippen molar-refractivity contribution in [2.24, 2.45) is 0 Å². The van der Waals surface area contributed by atoms with Crippen LogP contribution in [0, 0.1) is 6.92 Å². The van der Waals surface area contributed by atoms with E-state index < -0.39 is 0 Å². The van der Waals surface area contributed by atoms with E-state index in [0.717, 1.165) is 22.4 Å². The largest absolute Gasteiger partial charge is 0.497 e. The van der Waals surface area contributed by atoms with Gasteiger partial charge >= 0.3 is 0 Å². The zero-order valence-electron chi connectivity index (χ0n) is 18.1. The van der Waals surface area contributed by atoms with E-state index in [9.17, 15) is 4.79 Å². The highest BCUT2D eigenvalue weighted by Gasteiger charge is 2.39. The van der Waals surface area contributed by atoms with Gasteiger partial charge in [-0.1, -0.05) is 60.2 Å². The molecule has 0 saturated heterocycles. The lowest BCUT2D eigenvalue weighted by Gasteiger charge is -2.39. The second-order valence-electron chi connectivity index (χ2n) is 8.00. The molecule has 1 amide bonds. The first-order chi connectivity index (χ1) is 15.7. The summed E-state index contributed by atoms with van der Waals surface area (Å²) in [6, 6.07) is 25.6. The highest BCUT2D eigenvalue weighted by molar-refractivity contribution is 6.06. The molecule has 160 valence electrons. The molecule has 0 fully saturated rings. The van der Waals surface area contributed by atoms with Crippen molar-refractivity contribution < 1.29 is 9.53 Å². The molecule has 0 spiro atoms. The van der Waals surface area contributed by atoms with Crippen LogP contribution in [0.1, 0.15) is 45.6 Å². The van der Waals surface area contributed by atoms with E-state index in [0.29, 0.717) is 17.9 Å². The summed E-state index contributed by atoms with van der Waals surface area (Å²) in [5.74, 6) is 1.28. The smallest absolute Gasteiger partial charge is 0.261 e. The number of ether oxygens (including phenoxy) is 1. The zero-order valence-corrected chi connectivity index (χ0v) is 18.1. The molecule has 3 aromatic carbocycles. The summed E-state index contributed by atoms with van der Waals surface area (Å²) in [5, 5.41) is 4.51. The number of rotatable bonds is 4. The van der Waals surface area contributed by atoms with E-state index in [2.05, 4.69) is 34.3 Å². The van der Waals surface area contributed by atoms with Crippen molar-refractivity contribution >= 4 is 11.9 Å². The van der Waals surface area contributed by atoms with Gasteiger partial charge in [0.1, 0.15) is 12.1 Å². The number of amides is 1. The number of fused-ring (bicyclic) bond motifs is 1. The second-order valence-corrected chi connectivity index (χ2v) is 8.00. The average molecular weight is 425 g/mol. The summed E-state index contributed by atoms with van der Waals surface area (Å²) in [6.07, 6.45) is 2.21. The summed E-state index contributed by atoms with van der Waals surface area (Å²) in [7, 11) is 1.66. The van der Waals surface area contributed by atoms with Crippen molar-refractivity contribution in [3.05, 3.63) is 107 Å².